The molecule has 0 fully saturated rings. The lowest BCUT2D eigenvalue weighted by molar-refractivity contribution is 0.00822. The van der Waals surface area contributed by atoms with Crippen LogP contribution in [0.2, 0.25) is 0 Å². The molecule has 1 N–H and O–H groups in total. The molecule has 5 nitrogen and oxygen atoms in total. The number of nitrogens with zero attached hydrogens (tertiary/aromatic N) is 1. The van der Waals surface area contributed by atoms with E-state index in [2.05, 4.69) is 49.9 Å². The quantitative estimate of drug-likeness (QED) is 0.621. The molecule has 0 spiro atoms. The second-order valence-corrected chi connectivity index (χ2v) is 7.10. The Balaban J connectivity index is 1.71. The summed E-state index contributed by atoms with van der Waals surface area (Å²) in [5.74, 6) is 0.602. The first-order valence-corrected chi connectivity index (χ1v) is 9.27. The van der Waals surface area contributed by atoms with Gasteiger partial charge >= 0.3 is 0 Å². The Bertz CT molecular complexity index is 506. The van der Waals surface area contributed by atoms with Crippen molar-refractivity contribution in [1.29, 1.82) is 0 Å². The molecule has 1 heterocycles. The second-order valence-electron chi connectivity index (χ2n) is 7.10. The maximum absolute atomic E-state index is 8.60. The lowest BCUT2D eigenvalue weighted by Gasteiger charge is -2.49. The van der Waals surface area contributed by atoms with Crippen LogP contribution < -0.4 is 4.90 Å². The summed E-state index contributed by atoms with van der Waals surface area (Å²) in [6.45, 7) is 11.2. The van der Waals surface area contributed by atoms with Crippen LogP contribution in [0.4, 0.5) is 5.69 Å². The third kappa shape index (κ3) is 5.68. The van der Waals surface area contributed by atoms with Crippen LogP contribution in [0.1, 0.15) is 26.3 Å². The van der Waals surface area contributed by atoms with Gasteiger partial charge < -0.3 is 24.2 Å². The fraction of sp³-hybridized carbons (Fsp3) is 0.700. The molecule has 0 aromatic heterocycles. The Kier molecular flexibility index (Phi) is 8.16. The fourth-order valence-electron chi connectivity index (χ4n) is 3.27. The van der Waals surface area contributed by atoms with E-state index in [4.69, 9.17) is 19.3 Å². The lowest BCUT2D eigenvalue weighted by Crippen LogP contribution is -2.53. The SMILES string of the molecule is CC1Cc2ccccc2N(CCOCCOCCOCCO)C1(C)C. The number of aliphatic hydroxyl groups is 1. The second kappa shape index (κ2) is 10.1. The highest BCUT2D eigenvalue weighted by molar-refractivity contribution is 5.58. The molecule has 1 aromatic rings. The number of aliphatic hydroxyl groups excluding tert-OH is 1. The van der Waals surface area contributed by atoms with Gasteiger partial charge in [0.25, 0.3) is 0 Å². The van der Waals surface area contributed by atoms with Crippen LogP contribution in [-0.2, 0) is 20.6 Å². The summed E-state index contributed by atoms with van der Waals surface area (Å²) in [7, 11) is 0. The molecular formula is C20H33NO4. The number of para-hydroxylation sites is 1. The first-order chi connectivity index (χ1) is 12.1. The zero-order valence-corrected chi connectivity index (χ0v) is 15.9. The zero-order chi connectivity index (χ0) is 18.1. The van der Waals surface area contributed by atoms with Crippen molar-refractivity contribution < 1.29 is 19.3 Å². The largest absolute Gasteiger partial charge is 0.394 e. The molecule has 0 bridgehead atoms. The van der Waals surface area contributed by atoms with Gasteiger partial charge in [0.15, 0.2) is 0 Å². The highest BCUT2D eigenvalue weighted by atomic mass is 16.5. The van der Waals surface area contributed by atoms with Crippen molar-refractivity contribution in [3.8, 4) is 0 Å². The van der Waals surface area contributed by atoms with Crippen LogP contribution >= 0.6 is 0 Å². The summed E-state index contributed by atoms with van der Waals surface area (Å²) in [5.41, 5.74) is 2.89. The van der Waals surface area contributed by atoms with Gasteiger partial charge in [-0.15, -0.1) is 0 Å². The number of benzene rings is 1. The van der Waals surface area contributed by atoms with Crippen molar-refractivity contribution in [3.05, 3.63) is 29.8 Å². The van der Waals surface area contributed by atoms with Gasteiger partial charge in [-0.1, -0.05) is 25.1 Å². The van der Waals surface area contributed by atoms with Gasteiger partial charge in [0, 0.05) is 17.8 Å². The summed E-state index contributed by atoms with van der Waals surface area (Å²) < 4.78 is 16.3. The van der Waals surface area contributed by atoms with E-state index in [9.17, 15) is 0 Å². The zero-order valence-electron chi connectivity index (χ0n) is 15.9. The highest BCUT2D eigenvalue weighted by Gasteiger charge is 2.37. The average molecular weight is 351 g/mol. The summed E-state index contributed by atoms with van der Waals surface area (Å²) >= 11 is 0. The summed E-state index contributed by atoms with van der Waals surface area (Å²) in [6.07, 6.45) is 1.13. The molecule has 0 amide bonds. The van der Waals surface area contributed by atoms with Gasteiger partial charge in [-0.2, -0.15) is 0 Å². The van der Waals surface area contributed by atoms with E-state index in [-0.39, 0.29) is 12.1 Å². The van der Waals surface area contributed by atoms with E-state index in [1.165, 1.54) is 11.3 Å². The first-order valence-electron chi connectivity index (χ1n) is 9.27. The first kappa shape index (κ1) is 20.2. The molecule has 0 aliphatic carbocycles. The van der Waals surface area contributed by atoms with Crippen molar-refractivity contribution in [3.63, 3.8) is 0 Å². The minimum absolute atomic E-state index is 0.0533. The predicted molar refractivity (Wildman–Crippen MR) is 100 cm³/mol. The van der Waals surface area contributed by atoms with Crippen LogP contribution in [0.25, 0.3) is 0 Å². The molecular weight excluding hydrogens is 318 g/mol. The van der Waals surface area contributed by atoms with Crippen molar-refractivity contribution in [2.45, 2.75) is 32.7 Å². The summed E-state index contributed by atoms with van der Waals surface area (Å²) in [4.78, 5) is 2.49. The van der Waals surface area contributed by atoms with Crippen LogP contribution in [-0.4, -0.2) is 63.4 Å². The molecule has 25 heavy (non-hydrogen) atoms. The number of hydrogen-bond donors (Lipinski definition) is 1. The number of anilines is 1. The van der Waals surface area contributed by atoms with Gasteiger partial charge in [0.05, 0.1) is 46.2 Å². The third-order valence-corrected chi connectivity index (χ3v) is 5.15. The average Bonchev–Trinajstić information content (AvgIpc) is 2.59. The maximum atomic E-state index is 8.60. The molecule has 142 valence electrons. The Morgan fingerprint density at radius 2 is 1.60 bits per heavy atom. The van der Waals surface area contributed by atoms with Crippen LogP contribution in [0.15, 0.2) is 24.3 Å². The van der Waals surface area contributed by atoms with E-state index < -0.39 is 0 Å². The smallest absolute Gasteiger partial charge is 0.0701 e. The van der Waals surface area contributed by atoms with E-state index in [1.54, 1.807) is 0 Å². The molecule has 1 atom stereocenters. The monoisotopic (exact) mass is 351 g/mol. The Morgan fingerprint density at radius 1 is 1.00 bits per heavy atom. The van der Waals surface area contributed by atoms with Crippen molar-refractivity contribution in [2.24, 2.45) is 5.92 Å². The van der Waals surface area contributed by atoms with Gasteiger partial charge in [0.1, 0.15) is 0 Å². The molecule has 1 aromatic carbocycles. The lowest BCUT2D eigenvalue weighted by atomic mass is 9.78. The standard InChI is InChI=1S/C20H33NO4/c1-17-16-18-6-4-5-7-19(18)21(20(17,2)3)8-10-23-12-14-25-15-13-24-11-9-22/h4-7,17,22H,8-16H2,1-3H3. The molecule has 1 aliphatic heterocycles. The molecule has 1 aliphatic rings. The maximum Gasteiger partial charge on any atom is 0.0701 e. The van der Waals surface area contributed by atoms with Gasteiger partial charge in [-0.05, 0) is 37.8 Å². The summed E-state index contributed by atoms with van der Waals surface area (Å²) in [5, 5.41) is 8.60. The summed E-state index contributed by atoms with van der Waals surface area (Å²) in [6, 6.07) is 8.70. The molecule has 0 radical (unpaired) electrons. The molecule has 2 rings (SSSR count). The minimum Gasteiger partial charge on any atom is -0.394 e. The topological polar surface area (TPSA) is 51.2 Å². The molecule has 1 unspecified atom stereocenters. The molecule has 0 saturated carbocycles. The number of hydrogen-bond acceptors (Lipinski definition) is 5. The van der Waals surface area contributed by atoms with Gasteiger partial charge in [0.2, 0.25) is 0 Å². The van der Waals surface area contributed by atoms with Crippen LogP contribution in [0.5, 0.6) is 0 Å². The normalized spacial score (nSPS) is 19.0. The van der Waals surface area contributed by atoms with E-state index >= 15 is 0 Å². The number of rotatable bonds is 11. The van der Waals surface area contributed by atoms with Crippen molar-refractivity contribution >= 4 is 5.69 Å². The van der Waals surface area contributed by atoms with Gasteiger partial charge in [-0.3, -0.25) is 0 Å². The Labute approximate surface area is 151 Å². The number of fused-ring (bicyclic) bond motifs is 1. The van der Waals surface area contributed by atoms with Crippen LogP contribution in [0, 0.1) is 5.92 Å². The minimum atomic E-state index is 0.0533. The van der Waals surface area contributed by atoms with Crippen molar-refractivity contribution in [1.82, 2.24) is 0 Å². The van der Waals surface area contributed by atoms with Crippen molar-refractivity contribution in [2.75, 3.05) is 57.7 Å². The highest BCUT2D eigenvalue weighted by Crippen LogP contribution is 2.39. The van der Waals surface area contributed by atoms with Crippen LogP contribution in [0.3, 0.4) is 0 Å². The predicted octanol–water partition coefficient (Wildman–Crippen LogP) is 2.51. The van der Waals surface area contributed by atoms with Gasteiger partial charge in [-0.25, -0.2) is 0 Å². The van der Waals surface area contributed by atoms with E-state index in [0.29, 0.717) is 45.6 Å². The van der Waals surface area contributed by atoms with E-state index in [0.717, 1.165) is 13.0 Å². The number of ether oxygens (including phenoxy) is 3. The van der Waals surface area contributed by atoms with E-state index in [1.807, 2.05) is 0 Å². The Morgan fingerprint density at radius 3 is 2.28 bits per heavy atom. The third-order valence-electron chi connectivity index (χ3n) is 5.15. The Hall–Kier alpha value is -1.14. The molecule has 0 saturated heterocycles. The fourth-order valence-corrected chi connectivity index (χ4v) is 3.27. The molecule has 5 heteroatoms.